The number of hydrogen-bond donors (Lipinski definition) is 0. The lowest BCUT2D eigenvalue weighted by Gasteiger charge is -2.30. The SMILES string of the molecule is CCCCCCCCCCCC[N+](C)(C)CCCCCCCCCC[N+](C)(C)Cc1ccc(Cl)cc1.[Br-].[Br-]. The molecule has 0 aromatic heterocycles. The summed E-state index contributed by atoms with van der Waals surface area (Å²) < 4.78 is 2.29. The third-order valence-electron chi connectivity index (χ3n) is 7.92. The summed E-state index contributed by atoms with van der Waals surface area (Å²) in [6, 6.07) is 8.35. The molecule has 226 valence electrons. The minimum atomic E-state index is 0. The summed E-state index contributed by atoms with van der Waals surface area (Å²) in [4.78, 5) is 0. The Morgan fingerprint density at radius 1 is 0.474 bits per heavy atom. The van der Waals surface area contributed by atoms with Crippen LogP contribution in [-0.4, -0.2) is 56.8 Å². The van der Waals surface area contributed by atoms with Gasteiger partial charge < -0.3 is 42.9 Å². The van der Waals surface area contributed by atoms with Crippen LogP contribution in [-0.2, 0) is 6.54 Å². The lowest BCUT2D eigenvalue weighted by molar-refractivity contribution is -0.903. The highest BCUT2D eigenvalue weighted by Crippen LogP contribution is 2.17. The van der Waals surface area contributed by atoms with Crippen molar-refractivity contribution in [3.05, 3.63) is 34.9 Å². The molecule has 0 aliphatic carbocycles. The van der Waals surface area contributed by atoms with Crippen molar-refractivity contribution in [2.75, 3.05) is 47.8 Å². The first kappa shape index (κ1) is 40.5. The smallest absolute Gasteiger partial charge is 0.104 e. The predicted octanol–water partition coefficient (Wildman–Crippen LogP) is 4.04. The van der Waals surface area contributed by atoms with Crippen molar-refractivity contribution in [2.24, 2.45) is 0 Å². The molecule has 0 amide bonds. The van der Waals surface area contributed by atoms with Crippen LogP contribution in [0.4, 0.5) is 0 Å². The molecule has 0 spiro atoms. The van der Waals surface area contributed by atoms with Crippen molar-refractivity contribution in [1.29, 1.82) is 0 Å². The van der Waals surface area contributed by atoms with E-state index in [1.807, 2.05) is 12.1 Å². The van der Waals surface area contributed by atoms with Gasteiger partial charge in [-0.15, -0.1) is 0 Å². The minimum Gasteiger partial charge on any atom is -1.00 e. The van der Waals surface area contributed by atoms with Gasteiger partial charge in [0.1, 0.15) is 6.54 Å². The van der Waals surface area contributed by atoms with Crippen LogP contribution in [0, 0.1) is 0 Å². The number of nitrogens with zero attached hydrogens (tertiary/aromatic N) is 2. The maximum Gasteiger partial charge on any atom is 0.104 e. The van der Waals surface area contributed by atoms with Crippen molar-refractivity contribution in [2.45, 2.75) is 129 Å². The van der Waals surface area contributed by atoms with Crippen molar-refractivity contribution < 1.29 is 42.9 Å². The fraction of sp³-hybridized carbons (Fsp3) is 0.818. The van der Waals surface area contributed by atoms with E-state index in [0.717, 1.165) is 16.1 Å². The fourth-order valence-corrected chi connectivity index (χ4v) is 5.57. The van der Waals surface area contributed by atoms with Crippen LogP contribution in [0.25, 0.3) is 0 Å². The molecule has 0 bridgehead atoms. The van der Waals surface area contributed by atoms with Gasteiger partial charge in [-0.1, -0.05) is 108 Å². The number of unbranched alkanes of at least 4 members (excludes halogenated alkanes) is 16. The lowest BCUT2D eigenvalue weighted by atomic mass is 10.1. The molecular weight excluding hydrogens is 620 g/mol. The zero-order valence-electron chi connectivity index (χ0n) is 25.9. The van der Waals surface area contributed by atoms with E-state index in [2.05, 4.69) is 47.2 Å². The molecule has 0 atom stereocenters. The molecular formula is C33H63Br2ClN2. The molecule has 0 aliphatic heterocycles. The first-order valence-corrected chi connectivity index (χ1v) is 16.0. The first-order valence-electron chi connectivity index (χ1n) is 15.6. The molecule has 1 aromatic carbocycles. The first-order chi connectivity index (χ1) is 17.2. The van der Waals surface area contributed by atoms with Gasteiger partial charge in [0, 0.05) is 10.6 Å². The van der Waals surface area contributed by atoms with Crippen molar-refractivity contribution >= 4 is 11.6 Å². The molecule has 0 radical (unpaired) electrons. The molecule has 1 aromatic rings. The Balaban J connectivity index is 0. The molecule has 0 fully saturated rings. The Labute approximate surface area is 265 Å². The molecule has 0 aliphatic rings. The van der Waals surface area contributed by atoms with E-state index in [0.29, 0.717) is 0 Å². The maximum absolute atomic E-state index is 6.02. The van der Waals surface area contributed by atoms with E-state index in [1.54, 1.807) is 0 Å². The molecule has 0 saturated carbocycles. The Morgan fingerprint density at radius 2 is 0.789 bits per heavy atom. The van der Waals surface area contributed by atoms with Gasteiger partial charge in [-0.25, -0.2) is 0 Å². The van der Waals surface area contributed by atoms with Gasteiger partial charge in [0.15, 0.2) is 0 Å². The highest BCUT2D eigenvalue weighted by molar-refractivity contribution is 6.30. The molecule has 0 saturated heterocycles. The van der Waals surface area contributed by atoms with Gasteiger partial charge in [-0.3, -0.25) is 0 Å². The van der Waals surface area contributed by atoms with Crippen LogP contribution in [0.3, 0.4) is 0 Å². The van der Waals surface area contributed by atoms with Gasteiger partial charge in [-0.2, -0.15) is 0 Å². The maximum atomic E-state index is 6.02. The van der Waals surface area contributed by atoms with E-state index >= 15 is 0 Å². The predicted molar refractivity (Wildman–Crippen MR) is 163 cm³/mol. The molecule has 5 heteroatoms. The second-order valence-electron chi connectivity index (χ2n) is 12.8. The average molecular weight is 683 g/mol. The van der Waals surface area contributed by atoms with Crippen molar-refractivity contribution in [1.82, 2.24) is 0 Å². The summed E-state index contributed by atoms with van der Waals surface area (Å²) in [5.74, 6) is 0. The third kappa shape index (κ3) is 24.2. The third-order valence-corrected chi connectivity index (χ3v) is 8.17. The van der Waals surface area contributed by atoms with E-state index in [1.165, 1.54) is 145 Å². The summed E-state index contributed by atoms with van der Waals surface area (Å²) in [6.45, 7) is 7.37. The molecule has 2 nitrogen and oxygen atoms in total. The summed E-state index contributed by atoms with van der Waals surface area (Å²) in [5.41, 5.74) is 1.38. The quantitative estimate of drug-likeness (QED) is 0.114. The van der Waals surface area contributed by atoms with Crippen LogP contribution in [0.5, 0.6) is 0 Å². The number of rotatable bonds is 24. The number of halogens is 3. The molecule has 38 heavy (non-hydrogen) atoms. The Hall–Kier alpha value is 0.390. The molecule has 0 N–H and O–H groups in total. The monoisotopic (exact) mass is 680 g/mol. The summed E-state index contributed by atoms with van der Waals surface area (Å²) in [6.07, 6.45) is 25.6. The van der Waals surface area contributed by atoms with Crippen LogP contribution in [0.1, 0.15) is 128 Å². The minimum absolute atomic E-state index is 0. The fourth-order valence-electron chi connectivity index (χ4n) is 5.44. The molecule has 0 unspecified atom stereocenters. The van der Waals surface area contributed by atoms with Gasteiger partial charge in [0.2, 0.25) is 0 Å². The Kier molecular flexibility index (Phi) is 26.8. The Bertz CT molecular complexity index is 634. The second-order valence-corrected chi connectivity index (χ2v) is 13.3. The van der Waals surface area contributed by atoms with Crippen molar-refractivity contribution in [3.8, 4) is 0 Å². The summed E-state index contributed by atoms with van der Waals surface area (Å²) >= 11 is 6.02. The van der Waals surface area contributed by atoms with Crippen LogP contribution in [0.15, 0.2) is 24.3 Å². The Morgan fingerprint density at radius 3 is 1.16 bits per heavy atom. The van der Waals surface area contributed by atoms with Crippen LogP contribution >= 0.6 is 11.6 Å². The van der Waals surface area contributed by atoms with E-state index in [4.69, 9.17) is 11.6 Å². The van der Waals surface area contributed by atoms with Gasteiger partial charge in [0.05, 0.1) is 47.8 Å². The van der Waals surface area contributed by atoms with E-state index in [-0.39, 0.29) is 34.0 Å². The number of quaternary nitrogens is 2. The van der Waals surface area contributed by atoms with Crippen molar-refractivity contribution in [3.63, 3.8) is 0 Å². The highest BCUT2D eigenvalue weighted by Gasteiger charge is 2.15. The van der Waals surface area contributed by atoms with Crippen LogP contribution in [0.2, 0.25) is 5.02 Å². The standard InChI is InChI=1S/C33H63ClN2.2BrH/c1-6-7-8-9-10-11-12-15-18-21-28-35(2,3)29-22-19-16-13-14-17-20-23-30-36(4,5)31-32-24-26-33(34)27-25-32;;/h24-27H,6-23,28-31H2,1-5H3;2*1H/q+2;;/p-2. The van der Waals surface area contributed by atoms with E-state index in [9.17, 15) is 0 Å². The summed E-state index contributed by atoms with van der Waals surface area (Å²) in [7, 11) is 9.59. The largest absolute Gasteiger partial charge is 1.00 e. The van der Waals surface area contributed by atoms with Gasteiger partial charge in [0.25, 0.3) is 0 Å². The van der Waals surface area contributed by atoms with Gasteiger partial charge in [-0.05, 0) is 50.7 Å². The second kappa shape index (κ2) is 25.1. The normalized spacial score (nSPS) is 11.7. The number of benzene rings is 1. The topological polar surface area (TPSA) is 0 Å². The highest BCUT2D eigenvalue weighted by atomic mass is 79.9. The lowest BCUT2D eigenvalue weighted by Crippen LogP contribution is -3.00. The number of hydrogen-bond acceptors (Lipinski definition) is 0. The zero-order valence-corrected chi connectivity index (χ0v) is 29.8. The molecule has 1 rings (SSSR count). The molecule has 0 heterocycles. The average Bonchev–Trinajstić information content (AvgIpc) is 2.82. The zero-order chi connectivity index (χ0) is 26.5. The van der Waals surface area contributed by atoms with E-state index < -0.39 is 0 Å². The van der Waals surface area contributed by atoms with Crippen LogP contribution < -0.4 is 34.0 Å². The summed E-state index contributed by atoms with van der Waals surface area (Å²) in [5, 5.41) is 0.830. The van der Waals surface area contributed by atoms with Gasteiger partial charge >= 0.3 is 0 Å².